The first-order valence-electron chi connectivity index (χ1n) is 6.61. The van der Waals surface area contributed by atoms with Crippen molar-refractivity contribution >= 4 is 11.9 Å². The van der Waals surface area contributed by atoms with Crippen molar-refractivity contribution in [2.75, 3.05) is 6.54 Å². The number of carbonyl (C=O) groups excluding carboxylic acids is 1. The van der Waals surface area contributed by atoms with Crippen LogP contribution in [0.25, 0.3) is 0 Å². The molecule has 0 saturated heterocycles. The van der Waals surface area contributed by atoms with Crippen LogP contribution in [0.3, 0.4) is 0 Å². The lowest BCUT2D eigenvalue weighted by Gasteiger charge is -2.25. The molecule has 0 radical (unpaired) electrons. The summed E-state index contributed by atoms with van der Waals surface area (Å²) in [6.45, 7) is 4.48. The Morgan fingerprint density at radius 3 is 2.53 bits per heavy atom. The van der Waals surface area contributed by atoms with E-state index in [1.165, 1.54) is 0 Å². The summed E-state index contributed by atoms with van der Waals surface area (Å²) < 4.78 is 5.23. The minimum atomic E-state index is -0.901. The number of hydrogen-bond acceptors (Lipinski definition) is 3. The zero-order chi connectivity index (χ0) is 14.3. The monoisotopic (exact) mass is 267 g/mol. The second-order valence-electron chi connectivity index (χ2n) is 4.50. The summed E-state index contributed by atoms with van der Waals surface area (Å²) in [6.07, 6.45) is 3.02. The molecule has 1 aromatic rings. The van der Waals surface area contributed by atoms with E-state index in [0.717, 1.165) is 12.8 Å². The van der Waals surface area contributed by atoms with Gasteiger partial charge in [0, 0.05) is 12.5 Å². The van der Waals surface area contributed by atoms with Crippen molar-refractivity contribution in [3.63, 3.8) is 0 Å². The molecule has 1 heterocycles. The Morgan fingerprint density at radius 2 is 2.05 bits per heavy atom. The number of carboxylic acid groups (broad SMARTS) is 1. The Balaban J connectivity index is 2.72. The fourth-order valence-corrected chi connectivity index (χ4v) is 1.98. The highest BCUT2D eigenvalue weighted by Crippen LogP contribution is 2.15. The summed E-state index contributed by atoms with van der Waals surface area (Å²) in [4.78, 5) is 24.6. The molecule has 5 heteroatoms. The molecule has 0 aromatic carbocycles. The van der Waals surface area contributed by atoms with Crippen LogP contribution >= 0.6 is 0 Å². The van der Waals surface area contributed by atoms with Crippen molar-refractivity contribution in [1.29, 1.82) is 0 Å². The van der Waals surface area contributed by atoms with Crippen molar-refractivity contribution in [3.8, 4) is 0 Å². The highest BCUT2D eigenvalue weighted by Gasteiger charge is 2.22. The fraction of sp³-hybridized carbons (Fsp3) is 0.571. The first kappa shape index (κ1) is 15.3. The largest absolute Gasteiger partial charge is 0.481 e. The molecule has 0 spiro atoms. The van der Waals surface area contributed by atoms with Crippen LogP contribution in [-0.4, -0.2) is 28.4 Å². The van der Waals surface area contributed by atoms with Crippen molar-refractivity contribution in [3.05, 3.63) is 24.2 Å². The van der Waals surface area contributed by atoms with Gasteiger partial charge in [-0.05, 0) is 25.0 Å². The number of furan rings is 1. The van der Waals surface area contributed by atoms with Gasteiger partial charge in [-0.1, -0.05) is 13.8 Å². The van der Waals surface area contributed by atoms with Gasteiger partial charge in [0.25, 0.3) is 0 Å². The molecular formula is C14H21NO4. The van der Waals surface area contributed by atoms with Gasteiger partial charge in [0.2, 0.25) is 5.91 Å². The van der Waals surface area contributed by atoms with Crippen LogP contribution in [0.2, 0.25) is 0 Å². The number of carbonyl (C=O) groups is 2. The Morgan fingerprint density at radius 1 is 1.37 bits per heavy atom. The van der Waals surface area contributed by atoms with Gasteiger partial charge in [0.05, 0.1) is 19.2 Å². The standard InChI is InChI=1S/C14H21NO4/c1-3-11(4-2)14(18)15(8-7-13(16)17)10-12-6-5-9-19-12/h5-6,9,11H,3-4,7-8,10H2,1-2H3,(H,16,17). The lowest BCUT2D eigenvalue weighted by Crippen LogP contribution is -2.36. The van der Waals surface area contributed by atoms with Crippen molar-refractivity contribution < 1.29 is 19.1 Å². The van der Waals surface area contributed by atoms with Crippen molar-refractivity contribution in [2.45, 2.75) is 39.7 Å². The van der Waals surface area contributed by atoms with Crippen LogP contribution in [-0.2, 0) is 16.1 Å². The van der Waals surface area contributed by atoms with Crippen molar-refractivity contribution in [2.24, 2.45) is 5.92 Å². The maximum absolute atomic E-state index is 12.3. The van der Waals surface area contributed by atoms with Gasteiger partial charge in [-0.2, -0.15) is 0 Å². The Kier molecular flexibility index (Phi) is 6.12. The lowest BCUT2D eigenvalue weighted by atomic mass is 10.0. The molecule has 1 rings (SSSR count). The molecular weight excluding hydrogens is 246 g/mol. The second kappa shape index (κ2) is 7.61. The number of amides is 1. The molecule has 5 nitrogen and oxygen atoms in total. The molecule has 0 aliphatic heterocycles. The van der Waals surface area contributed by atoms with E-state index < -0.39 is 5.97 Å². The Labute approximate surface area is 113 Å². The van der Waals surface area contributed by atoms with Crippen LogP contribution in [0.4, 0.5) is 0 Å². The number of rotatable bonds is 8. The molecule has 106 valence electrons. The van der Waals surface area contributed by atoms with Gasteiger partial charge >= 0.3 is 5.97 Å². The fourth-order valence-electron chi connectivity index (χ4n) is 1.98. The topological polar surface area (TPSA) is 70.8 Å². The second-order valence-corrected chi connectivity index (χ2v) is 4.50. The predicted octanol–water partition coefficient (Wildman–Crippen LogP) is 2.52. The maximum atomic E-state index is 12.3. The zero-order valence-corrected chi connectivity index (χ0v) is 11.5. The first-order chi connectivity index (χ1) is 9.08. The summed E-state index contributed by atoms with van der Waals surface area (Å²) in [7, 11) is 0. The van der Waals surface area contributed by atoms with Gasteiger partial charge in [0.15, 0.2) is 0 Å². The quantitative estimate of drug-likeness (QED) is 0.785. The molecule has 1 amide bonds. The molecule has 1 aromatic heterocycles. The van der Waals surface area contributed by atoms with Gasteiger partial charge in [-0.3, -0.25) is 9.59 Å². The molecule has 0 atom stereocenters. The predicted molar refractivity (Wildman–Crippen MR) is 70.4 cm³/mol. The highest BCUT2D eigenvalue weighted by molar-refractivity contribution is 5.79. The molecule has 1 N–H and O–H groups in total. The minimum absolute atomic E-state index is 0.00245. The third kappa shape index (κ3) is 4.77. The molecule has 19 heavy (non-hydrogen) atoms. The first-order valence-corrected chi connectivity index (χ1v) is 6.61. The summed E-state index contributed by atoms with van der Waals surface area (Å²) in [5.41, 5.74) is 0. The van der Waals surface area contributed by atoms with Crippen LogP contribution in [0.5, 0.6) is 0 Å². The molecule has 0 unspecified atom stereocenters. The van der Waals surface area contributed by atoms with E-state index in [0.29, 0.717) is 12.3 Å². The van der Waals surface area contributed by atoms with E-state index >= 15 is 0 Å². The van der Waals surface area contributed by atoms with Gasteiger partial charge in [0.1, 0.15) is 5.76 Å². The molecule has 0 bridgehead atoms. The van der Waals surface area contributed by atoms with Crippen LogP contribution in [0.15, 0.2) is 22.8 Å². The maximum Gasteiger partial charge on any atom is 0.305 e. The highest BCUT2D eigenvalue weighted by atomic mass is 16.4. The van der Waals surface area contributed by atoms with Gasteiger partial charge in [-0.15, -0.1) is 0 Å². The van der Waals surface area contributed by atoms with E-state index in [-0.39, 0.29) is 24.8 Å². The number of aliphatic carboxylic acids is 1. The van der Waals surface area contributed by atoms with E-state index in [1.54, 1.807) is 23.3 Å². The Bertz CT molecular complexity index is 396. The van der Waals surface area contributed by atoms with Crippen LogP contribution < -0.4 is 0 Å². The average molecular weight is 267 g/mol. The van der Waals surface area contributed by atoms with E-state index in [1.807, 2.05) is 13.8 Å². The normalized spacial score (nSPS) is 10.7. The Hall–Kier alpha value is -1.78. The molecule has 0 saturated carbocycles. The number of hydrogen-bond donors (Lipinski definition) is 1. The van der Waals surface area contributed by atoms with Gasteiger partial charge < -0.3 is 14.4 Å². The lowest BCUT2D eigenvalue weighted by molar-refractivity contribution is -0.140. The summed E-state index contributed by atoms with van der Waals surface area (Å²) in [6, 6.07) is 3.54. The SMILES string of the molecule is CCC(CC)C(=O)N(CCC(=O)O)Cc1ccco1. The number of carboxylic acids is 1. The van der Waals surface area contributed by atoms with Crippen LogP contribution in [0.1, 0.15) is 38.9 Å². The molecule has 0 fully saturated rings. The van der Waals surface area contributed by atoms with E-state index in [4.69, 9.17) is 9.52 Å². The van der Waals surface area contributed by atoms with E-state index in [2.05, 4.69) is 0 Å². The van der Waals surface area contributed by atoms with Gasteiger partial charge in [-0.25, -0.2) is 0 Å². The smallest absolute Gasteiger partial charge is 0.305 e. The third-order valence-corrected chi connectivity index (χ3v) is 3.17. The summed E-state index contributed by atoms with van der Waals surface area (Å²) in [5, 5.41) is 8.76. The van der Waals surface area contributed by atoms with E-state index in [9.17, 15) is 9.59 Å². The number of nitrogens with zero attached hydrogens (tertiary/aromatic N) is 1. The summed E-state index contributed by atoms with van der Waals surface area (Å²) in [5.74, 6) is -0.280. The molecule has 0 aliphatic rings. The molecule has 0 aliphatic carbocycles. The minimum Gasteiger partial charge on any atom is -0.481 e. The average Bonchev–Trinajstić information content (AvgIpc) is 2.88. The van der Waals surface area contributed by atoms with Crippen molar-refractivity contribution in [1.82, 2.24) is 4.90 Å². The van der Waals surface area contributed by atoms with Crippen LogP contribution in [0, 0.1) is 5.92 Å². The zero-order valence-electron chi connectivity index (χ0n) is 11.5. The summed E-state index contributed by atoms with van der Waals surface area (Å²) >= 11 is 0. The third-order valence-electron chi connectivity index (χ3n) is 3.17.